The molecule has 0 spiro atoms. The van der Waals surface area contributed by atoms with Gasteiger partial charge in [-0.2, -0.15) is 5.10 Å². The number of nitrogens with zero attached hydrogens (tertiary/aromatic N) is 3. The number of amides is 1. The molecule has 1 atom stereocenters. The second-order valence-electron chi connectivity index (χ2n) is 6.92. The van der Waals surface area contributed by atoms with Gasteiger partial charge in [0.1, 0.15) is 5.82 Å². The van der Waals surface area contributed by atoms with Crippen LogP contribution in [0.25, 0.3) is 11.4 Å². The number of hydrogen-bond donors (Lipinski definition) is 2. The summed E-state index contributed by atoms with van der Waals surface area (Å²) in [4.78, 5) is 21.6. The van der Waals surface area contributed by atoms with Crippen molar-refractivity contribution < 1.29 is 4.79 Å². The first kappa shape index (κ1) is 17.7. The van der Waals surface area contributed by atoms with Gasteiger partial charge in [0, 0.05) is 23.0 Å². The zero-order valence-electron chi connectivity index (χ0n) is 14.9. The Kier molecular flexibility index (Phi) is 4.66. The van der Waals surface area contributed by atoms with Crippen LogP contribution in [0, 0.1) is 0 Å². The maximum absolute atomic E-state index is 13.1. The second kappa shape index (κ2) is 7.12. The van der Waals surface area contributed by atoms with Crippen molar-refractivity contribution in [3.63, 3.8) is 0 Å². The molecular weight excluding hydrogens is 362 g/mol. The van der Waals surface area contributed by atoms with Crippen LogP contribution in [-0.4, -0.2) is 26.1 Å². The summed E-state index contributed by atoms with van der Waals surface area (Å²) in [7, 11) is 0. The average Bonchev–Trinajstić information content (AvgIpc) is 3.13. The molecule has 1 aromatic carbocycles. The number of halogens is 1. The normalized spacial score (nSPS) is 16.4. The van der Waals surface area contributed by atoms with Crippen molar-refractivity contribution in [2.24, 2.45) is 0 Å². The quantitative estimate of drug-likeness (QED) is 0.703. The van der Waals surface area contributed by atoms with Crippen molar-refractivity contribution in [1.82, 2.24) is 25.5 Å². The van der Waals surface area contributed by atoms with Gasteiger partial charge in [-0.3, -0.25) is 14.9 Å². The van der Waals surface area contributed by atoms with Crippen molar-refractivity contribution in [1.29, 1.82) is 0 Å². The van der Waals surface area contributed by atoms with Gasteiger partial charge in [-0.15, -0.1) is 0 Å². The van der Waals surface area contributed by atoms with Crippen LogP contribution in [-0.2, 0) is 10.2 Å². The number of H-pyrrole nitrogens is 1. The van der Waals surface area contributed by atoms with Crippen molar-refractivity contribution >= 4 is 17.5 Å². The SMILES string of the molecule is C[C@H](NC(=O)C1(c2ccc(Cl)cc2)CCC1)c1nc(-c2ccncc2)n[nH]1. The summed E-state index contributed by atoms with van der Waals surface area (Å²) in [5.41, 5.74) is 1.41. The number of rotatable bonds is 5. The molecule has 0 unspecified atom stereocenters. The molecule has 1 saturated carbocycles. The molecule has 2 N–H and O–H groups in total. The minimum atomic E-state index is -0.479. The van der Waals surface area contributed by atoms with Gasteiger partial charge in [-0.05, 0) is 49.6 Å². The minimum Gasteiger partial charge on any atom is -0.346 e. The summed E-state index contributed by atoms with van der Waals surface area (Å²) >= 11 is 6.00. The van der Waals surface area contributed by atoms with Gasteiger partial charge >= 0.3 is 0 Å². The Balaban J connectivity index is 1.50. The van der Waals surface area contributed by atoms with Crippen LogP contribution in [0.1, 0.15) is 43.6 Å². The highest BCUT2D eigenvalue weighted by atomic mass is 35.5. The number of pyridine rings is 1. The molecule has 7 heteroatoms. The standard InChI is InChI=1S/C20H20ClN5O/c1-13(17-24-18(26-25-17)14-7-11-22-12-8-14)23-19(27)20(9-2-10-20)15-3-5-16(21)6-4-15/h3-8,11-13H,2,9-10H2,1H3,(H,23,27)(H,24,25,26)/t13-/m0/s1. The molecular formula is C20H20ClN5O. The molecule has 0 radical (unpaired) electrons. The maximum atomic E-state index is 13.1. The number of benzene rings is 1. The third-order valence-corrected chi connectivity index (χ3v) is 5.49. The van der Waals surface area contributed by atoms with Crippen molar-refractivity contribution in [2.45, 2.75) is 37.6 Å². The molecule has 1 aliphatic carbocycles. The number of hydrogen-bond acceptors (Lipinski definition) is 4. The molecule has 1 amide bonds. The van der Waals surface area contributed by atoms with Gasteiger partial charge < -0.3 is 5.32 Å². The first-order valence-corrected chi connectivity index (χ1v) is 9.36. The molecule has 138 valence electrons. The number of carbonyl (C=O) groups is 1. The maximum Gasteiger partial charge on any atom is 0.231 e. The van der Waals surface area contributed by atoms with E-state index in [0.29, 0.717) is 16.7 Å². The Morgan fingerprint density at radius 2 is 1.89 bits per heavy atom. The zero-order chi connectivity index (χ0) is 18.9. The van der Waals surface area contributed by atoms with Crippen LogP contribution in [0.4, 0.5) is 0 Å². The lowest BCUT2D eigenvalue weighted by Crippen LogP contribution is -2.49. The van der Waals surface area contributed by atoms with Crippen LogP contribution in [0.2, 0.25) is 5.02 Å². The third kappa shape index (κ3) is 3.32. The summed E-state index contributed by atoms with van der Waals surface area (Å²) in [6.07, 6.45) is 6.11. The van der Waals surface area contributed by atoms with E-state index in [1.807, 2.05) is 43.3 Å². The van der Waals surface area contributed by atoms with Crippen LogP contribution in [0.5, 0.6) is 0 Å². The van der Waals surface area contributed by atoms with E-state index < -0.39 is 5.41 Å². The largest absolute Gasteiger partial charge is 0.346 e. The van der Waals surface area contributed by atoms with E-state index in [0.717, 1.165) is 30.4 Å². The van der Waals surface area contributed by atoms with Crippen LogP contribution in [0.15, 0.2) is 48.8 Å². The van der Waals surface area contributed by atoms with E-state index in [1.165, 1.54) is 0 Å². The highest BCUT2D eigenvalue weighted by Crippen LogP contribution is 2.44. The van der Waals surface area contributed by atoms with E-state index >= 15 is 0 Å². The molecule has 1 fully saturated rings. The van der Waals surface area contributed by atoms with Gasteiger partial charge in [-0.1, -0.05) is 30.2 Å². The number of aromatic amines is 1. The first-order valence-electron chi connectivity index (χ1n) is 8.98. The molecule has 3 aromatic rings. The van der Waals surface area contributed by atoms with E-state index in [1.54, 1.807) is 12.4 Å². The summed E-state index contributed by atoms with van der Waals surface area (Å²) < 4.78 is 0. The van der Waals surface area contributed by atoms with Gasteiger partial charge in [0.15, 0.2) is 5.82 Å². The lowest BCUT2D eigenvalue weighted by Gasteiger charge is -2.41. The number of carbonyl (C=O) groups excluding carboxylic acids is 1. The number of aromatic nitrogens is 4. The molecule has 1 aliphatic rings. The van der Waals surface area contributed by atoms with Crippen molar-refractivity contribution in [3.05, 3.63) is 65.2 Å². The summed E-state index contributed by atoms with van der Waals surface area (Å²) in [5, 5.41) is 11.0. The monoisotopic (exact) mass is 381 g/mol. The molecule has 0 saturated heterocycles. The molecule has 27 heavy (non-hydrogen) atoms. The van der Waals surface area contributed by atoms with Crippen molar-refractivity contribution in [3.8, 4) is 11.4 Å². The summed E-state index contributed by atoms with van der Waals surface area (Å²) in [6.45, 7) is 1.91. The Labute approximate surface area is 162 Å². The highest BCUT2D eigenvalue weighted by Gasteiger charge is 2.46. The fraction of sp³-hybridized carbons (Fsp3) is 0.300. The van der Waals surface area contributed by atoms with Gasteiger partial charge in [0.05, 0.1) is 11.5 Å². The Bertz CT molecular complexity index is 935. The van der Waals surface area contributed by atoms with Crippen molar-refractivity contribution in [2.75, 3.05) is 0 Å². The highest BCUT2D eigenvalue weighted by molar-refractivity contribution is 6.30. The van der Waals surface area contributed by atoms with Gasteiger partial charge in [0.2, 0.25) is 5.91 Å². The molecule has 4 rings (SSSR count). The topological polar surface area (TPSA) is 83.6 Å². The third-order valence-electron chi connectivity index (χ3n) is 5.24. The predicted octanol–water partition coefficient (Wildman–Crippen LogP) is 3.82. The molecule has 2 heterocycles. The van der Waals surface area contributed by atoms with Gasteiger partial charge in [0.25, 0.3) is 0 Å². The van der Waals surface area contributed by atoms with E-state index in [4.69, 9.17) is 11.6 Å². The van der Waals surface area contributed by atoms with Crippen LogP contribution < -0.4 is 5.32 Å². The minimum absolute atomic E-state index is 0.0189. The van der Waals surface area contributed by atoms with E-state index in [-0.39, 0.29) is 11.9 Å². The predicted molar refractivity (Wildman–Crippen MR) is 103 cm³/mol. The Morgan fingerprint density at radius 1 is 1.19 bits per heavy atom. The van der Waals surface area contributed by atoms with E-state index in [2.05, 4.69) is 25.5 Å². The van der Waals surface area contributed by atoms with Crippen LogP contribution in [0.3, 0.4) is 0 Å². The smallest absolute Gasteiger partial charge is 0.231 e. The fourth-order valence-electron chi connectivity index (χ4n) is 3.45. The fourth-order valence-corrected chi connectivity index (χ4v) is 3.57. The summed E-state index contributed by atoms with van der Waals surface area (Å²) in [5.74, 6) is 1.23. The molecule has 2 aromatic heterocycles. The van der Waals surface area contributed by atoms with Crippen LogP contribution >= 0.6 is 11.6 Å². The zero-order valence-corrected chi connectivity index (χ0v) is 15.7. The summed E-state index contributed by atoms with van der Waals surface area (Å²) in [6, 6.07) is 11.0. The lowest BCUT2D eigenvalue weighted by atomic mass is 9.63. The second-order valence-corrected chi connectivity index (χ2v) is 7.35. The first-order chi connectivity index (χ1) is 13.1. The van der Waals surface area contributed by atoms with E-state index in [9.17, 15) is 4.79 Å². The van der Waals surface area contributed by atoms with Gasteiger partial charge in [-0.25, -0.2) is 4.98 Å². The Hall–Kier alpha value is -2.73. The Morgan fingerprint density at radius 3 is 2.52 bits per heavy atom. The molecule has 0 aliphatic heterocycles. The lowest BCUT2D eigenvalue weighted by molar-refractivity contribution is -0.130. The average molecular weight is 382 g/mol. The number of nitrogens with one attached hydrogen (secondary N) is 2. The molecule has 0 bridgehead atoms. The molecule has 6 nitrogen and oxygen atoms in total.